The lowest BCUT2D eigenvalue weighted by molar-refractivity contribution is -0.132. The number of hydrogen-bond acceptors (Lipinski definition) is 7. The largest absolute Gasteiger partial charge is 0.477 e. The van der Waals surface area contributed by atoms with E-state index in [2.05, 4.69) is 70.8 Å². The molecule has 0 bridgehead atoms. The summed E-state index contributed by atoms with van der Waals surface area (Å²) in [6.07, 6.45) is 5.07. The van der Waals surface area contributed by atoms with E-state index in [0.29, 0.717) is 16.8 Å². The Morgan fingerprint density at radius 3 is 2.58 bits per heavy atom. The molecule has 1 saturated carbocycles. The molecule has 0 spiro atoms. The van der Waals surface area contributed by atoms with Crippen LogP contribution < -0.4 is 4.90 Å². The van der Waals surface area contributed by atoms with Crippen molar-refractivity contribution in [1.82, 2.24) is 8.75 Å². The molecule has 0 saturated heterocycles. The van der Waals surface area contributed by atoms with Crippen LogP contribution in [-0.4, -0.2) is 25.9 Å². The highest BCUT2D eigenvalue weighted by molar-refractivity contribution is 7.16. The Balaban J connectivity index is 1.28. The van der Waals surface area contributed by atoms with E-state index < -0.39 is 5.97 Å². The average Bonchev–Trinajstić information content (AvgIpc) is 3.76. The van der Waals surface area contributed by atoms with Crippen LogP contribution in [0.15, 0.2) is 72.3 Å². The molecular weight excluding hydrogens is 537 g/mol. The lowest BCUT2D eigenvalue weighted by atomic mass is 9.93. The van der Waals surface area contributed by atoms with Crippen molar-refractivity contribution in [2.45, 2.75) is 38.1 Å². The molecule has 1 fully saturated rings. The van der Waals surface area contributed by atoms with Crippen molar-refractivity contribution in [1.29, 1.82) is 5.26 Å². The van der Waals surface area contributed by atoms with Gasteiger partial charge in [0.1, 0.15) is 22.7 Å². The van der Waals surface area contributed by atoms with E-state index >= 15 is 0 Å². The molecule has 3 heterocycles. The standard InChI is InChI=1S/C32H24N4O2S2/c1-18-5-8-21(9-6-18)36-27-4-2-3-24(27)26-16-19(7-13-28(26)36)23-11-12-25(31-30(23)34-40-35-31)29-14-10-22(39-29)15-20(17-33)32(37)38/h5-16,24,27H,2-4H2,1H3,(H,37,38)/b20-15-. The first-order chi connectivity index (χ1) is 19.5. The quantitative estimate of drug-likeness (QED) is 0.172. The van der Waals surface area contributed by atoms with E-state index in [1.54, 1.807) is 6.07 Å². The first kappa shape index (κ1) is 24.7. The maximum absolute atomic E-state index is 11.3. The number of carboxylic acid groups (broad SMARTS) is 1. The van der Waals surface area contributed by atoms with Crippen LogP contribution in [0.5, 0.6) is 0 Å². The maximum Gasteiger partial charge on any atom is 0.346 e. The molecule has 1 aliphatic heterocycles. The minimum absolute atomic E-state index is 0.286. The summed E-state index contributed by atoms with van der Waals surface area (Å²) in [5, 5.41) is 18.3. The lowest BCUT2D eigenvalue weighted by Crippen LogP contribution is -2.26. The van der Waals surface area contributed by atoms with E-state index in [9.17, 15) is 9.90 Å². The average molecular weight is 561 g/mol. The third-order valence-corrected chi connectivity index (χ3v) is 9.66. The summed E-state index contributed by atoms with van der Waals surface area (Å²) in [6, 6.07) is 25.9. The fourth-order valence-electron chi connectivity index (χ4n) is 6.22. The van der Waals surface area contributed by atoms with Gasteiger partial charge in [0.15, 0.2) is 0 Å². The number of thiophene rings is 1. The van der Waals surface area contributed by atoms with Gasteiger partial charge in [-0.05, 0) is 73.4 Å². The molecule has 2 atom stereocenters. The minimum atomic E-state index is -1.23. The van der Waals surface area contributed by atoms with Crippen LogP contribution in [0.1, 0.15) is 41.2 Å². The fraction of sp³-hybridized carbons (Fsp3) is 0.188. The summed E-state index contributed by atoms with van der Waals surface area (Å²) >= 11 is 2.63. The molecule has 5 aromatic rings. The molecule has 0 amide bonds. The molecular formula is C32H24N4O2S2. The number of carbonyl (C=O) groups is 1. The van der Waals surface area contributed by atoms with Crippen molar-refractivity contribution in [3.05, 3.63) is 88.3 Å². The molecule has 196 valence electrons. The Morgan fingerprint density at radius 1 is 1.02 bits per heavy atom. The van der Waals surface area contributed by atoms with Gasteiger partial charge in [-0.2, -0.15) is 14.0 Å². The van der Waals surface area contributed by atoms with Crippen LogP contribution >= 0.6 is 23.1 Å². The van der Waals surface area contributed by atoms with Gasteiger partial charge in [-0.3, -0.25) is 0 Å². The second-order valence-corrected chi connectivity index (χ2v) is 12.0. The number of fused-ring (bicyclic) bond motifs is 4. The van der Waals surface area contributed by atoms with Gasteiger partial charge in [0.25, 0.3) is 0 Å². The zero-order valence-electron chi connectivity index (χ0n) is 21.7. The van der Waals surface area contributed by atoms with E-state index in [4.69, 9.17) is 9.64 Å². The number of aromatic nitrogens is 2. The third-order valence-electron chi connectivity index (χ3n) is 8.07. The van der Waals surface area contributed by atoms with Crippen LogP contribution in [-0.2, 0) is 4.79 Å². The van der Waals surface area contributed by atoms with Gasteiger partial charge in [0, 0.05) is 44.2 Å². The summed E-state index contributed by atoms with van der Waals surface area (Å²) in [4.78, 5) is 15.5. The summed E-state index contributed by atoms with van der Waals surface area (Å²) in [5.41, 5.74) is 9.84. The predicted molar refractivity (Wildman–Crippen MR) is 161 cm³/mol. The van der Waals surface area contributed by atoms with Crippen LogP contribution in [0.2, 0.25) is 0 Å². The highest BCUT2D eigenvalue weighted by atomic mass is 32.1. The Hall–Kier alpha value is -4.32. The number of aliphatic carboxylic acids is 1. The van der Waals surface area contributed by atoms with Crippen molar-refractivity contribution in [2.24, 2.45) is 0 Å². The molecule has 40 heavy (non-hydrogen) atoms. The normalized spacial score (nSPS) is 18.1. The topological polar surface area (TPSA) is 90.1 Å². The second-order valence-electron chi connectivity index (χ2n) is 10.4. The van der Waals surface area contributed by atoms with E-state index in [1.165, 1.54) is 70.9 Å². The summed E-state index contributed by atoms with van der Waals surface area (Å²) in [6.45, 7) is 2.13. The monoisotopic (exact) mass is 560 g/mol. The number of nitrogens with zero attached hydrogens (tertiary/aromatic N) is 4. The molecule has 1 N–H and O–H groups in total. The van der Waals surface area contributed by atoms with Gasteiger partial charge in [-0.25, -0.2) is 4.79 Å². The highest BCUT2D eigenvalue weighted by Gasteiger charge is 2.42. The first-order valence-electron chi connectivity index (χ1n) is 13.2. The molecule has 2 unspecified atom stereocenters. The second kappa shape index (κ2) is 9.70. The molecule has 2 aliphatic rings. The fourth-order valence-corrected chi connectivity index (χ4v) is 7.77. The van der Waals surface area contributed by atoms with Crippen LogP contribution in [0.25, 0.3) is 38.7 Å². The molecule has 3 aromatic carbocycles. The van der Waals surface area contributed by atoms with E-state index in [0.717, 1.165) is 32.6 Å². The molecule has 0 radical (unpaired) electrons. The Labute approximate surface area is 239 Å². The van der Waals surface area contributed by atoms with Gasteiger partial charge < -0.3 is 10.0 Å². The maximum atomic E-state index is 11.3. The molecule has 1 aliphatic carbocycles. The van der Waals surface area contributed by atoms with Gasteiger partial charge in [-0.15, -0.1) is 11.3 Å². The number of carboxylic acids is 1. The number of aryl methyl sites for hydroxylation is 1. The number of rotatable bonds is 5. The SMILES string of the molecule is Cc1ccc(N2c3ccc(-c4ccc(-c5ccc(/C=C(/C#N)C(=O)O)s5)c5nsnc45)cc3C3CCCC32)cc1. The Morgan fingerprint density at radius 2 is 1.80 bits per heavy atom. The minimum Gasteiger partial charge on any atom is -0.477 e. The number of nitriles is 1. The van der Waals surface area contributed by atoms with E-state index in [-0.39, 0.29) is 5.57 Å². The summed E-state index contributed by atoms with van der Waals surface area (Å²) in [7, 11) is 0. The molecule has 7 rings (SSSR count). The zero-order chi connectivity index (χ0) is 27.4. The Kier molecular flexibility index (Phi) is 5.99. The summed E-state index contributed by atoms with van der Waals surface area (Å²) in [5.74, 6) is -0.700. The highest BCUT2D eigenvalue weighted by Crippen LogP contribution is 2.53. The number of hydrogen-bond donors (Lipinski definition) is 1. The van der Waals surface area contributed by atoms with Crippen molar-refractivity contribution >= 4 is 57.5 Å². The summed E-state index contributed by atoms with van der Waals surface area (Å²) < 4.78 is 9.34. The van der Waals surface area contributed by atoms with Gasteiger partial charge >= 0.3 is 5.97 Å². The number of benzene rings is 3. The number of anilines is 2. The van der Waals surface area contributed by atoms with Gasteiger partial charge in [-0.1, -0.05) is 42.3 Å². The smallest absolute Gasteiger partial charge is 0.346 e. The van der Waals surface area contributed by atoms with Gasteiger partial charge in [0.2, 0.25) is 0 Å². The predicted octanol–water partition coefficient (Wildman–Crippen LogP) is 8.17. The molecule has 6 nitrogen and oxygen atoms in total. The van der Waals surface area contributed by atoms with Crippen molar-refractivity contribution in [2.75, 3.05) is 4.90 Å². The lowest BCUT2D eigenvalue weighted by Gasteiger charge is -2.27. The van der Waals surface area contributed by atoms with Crippen LogP contribution in [0.4, 0.5) is 11.4 Å². The zero-order valence-corrected chi connectivity index (χ0v) is 23.3. The van der Waals surface area contributed by atoms with Crippen molar-refractivity contribution in [3.8, 4) is 27.6 Å². The van der Waals surface area contributed by atoms with E-state index in [1.807, 2.05) is 12.1 Å². The van der Waals surface area contributed by atoms with Crippen LogP contribution in [0, 0.1) is 18.3 Å². The molecule has 2 aromatic heterocycles. The van der Waals surface area contributed by atoms with Crippen molar-refractivity contribution in [3.63, 3.8) is 0 Å². The van der Waals surface area contributed by atoms with Crippen LogP contribution in [0.3, 0.4) is 0 Å². The van der Waals surface area contributed by atoms with Gasteiger partial charge in [0.05, 0.1) is 11.7 Å². The first-order valence-corrected chi connectivity index (χ1v) is 14.8. The molecule has 8 heteroatoms. The Bertz CT molecular complexity index is 1860. The van der Waals surface area contributed by atoms with Crippen molar-refractivity contribution < 1.29 is 9.90 Å². The third kappa shape index (κ3) is 4.01.